The van der Waals surface area contributed by atoms with Gasteiger partial charge in [-0.25, -0.2) is 4.79 Å². The molecule has 2 bridgehead atoms. The SMILES string of the molecule is Cc1c(Br)ccc(NC(=O)COC(=O)c2cccc(N3C(=O)[C@@H]4[C@@H]5C[C@@H]([C@H]4C3=O)[C@H](c3ccccc3)C5)c2)c1C. The minimum atomic E-state index is -0.704. The summed E-state index contributed by atoms with van der Waals surface area (Å²) < 4.78 is 6.20. The molecule has 8 heteroatoms. The molecule has 0 aromatic heterocycles. The van der Waals surface area contributed by atoms with E-state index in [1.807, 2.05) is 38.1 Å². The van der Waals surface area contributed by atoms with Crippen LogP contribution in [-0.4, -0.2) is 30.3 Å². The normalized spacial score (nSPS) is 24.8. The summed E-state index contributed by atoms with van der Waals surface area (Å²) in [4.78, 5) is 53.7. The van der Waals surface area contributed by atoms with Crippen molar-refractivity contribution in [2.24, 2.45) is 23.7 Å². The third-order valence-corrected chi connectivity index (χ3v) is 9.77. The number of carbonyl (C=O) groups excluding carboxylic acids is 4. The van der Waals surface area contributed by atoms with Gasteiger partial charge in [-0.15, -0.1) is 0 Å². The number of anilines is 2. The van der Waals surface area contributed by atoms with Gasteiger partial charge in [0.2, 0.25) is 11.8 Å². The molecule has 1 saturated heterocycles. The molecule has 2 saturated carbocycles. The molecule has 40 heavy (non-hydrogen) atoms. The average Bonchev–Trinajstić information content (AvgIpc) is 3.63. The third-order valence-electron chi connectivity index (χ3n) is 8.91. The third kappa shape index (κ3) is 4.44. The lowest BCUT2D eigenvalue weighted by molar-refractivity contribution is -0.123. The molecule has 2 aliphatic carbocycles. The number of nitrogens with one attached hydrogen (secondary N) is 1. The minimum Gasteiger partial charge on any atom is -0.452 e. The van der Waals surface area contributed by atoms with Gasteiger partial charge in [-0.3, -0.25) is 19.3 Å². The quantitative estimate of drug-likeness (QED) is 0.285. The van der Waals surface area contributed by atoms with Crippen molar-refractivity contribution >= 4 is 51.0 Å². The number of benzene rings is 3. The molecule has 1 N–H and O–H groups in total. The number of hydrogen-bond donors (Lipinski definition) is 1. The Bertz CT molecular complexity index is 1540. The Kier molecular flexibility index (Phi) is 6.82. The Labute approximate surface area is 241 Å². The van der Waals surface area contributed by atoms with Crippen molar-refractivity contribution < 1.29 is 23.9 Å². The van der Waals surface area contributed by atoms with E-state index in [2.05, 4.69) is 33.4 Å². The number of fused-ring (bicyclic) bond motifs is 5. The number of hydrogen-bond acceptors (Lipinski definition) is 5. The molecule has 3 aliphatic rings. The summed E-state index contributed by atoms with van der Waals surface area (Å²) in [5, 5.41) is 2.77. The van der Waals surface area contributed by atoms with Crippen LogP contribution in [0.15, 0.2) is 71.2 Å². The zero-order valence-electron chi connectivity index (χ0n) is 22.2. The summed E-state index contributed by atoms with van der Waals surface area (Å²) in [5.41, 5.74) is 4.32. The minimum absolute atomic E-state index is 0.142. The van der Waals surface area contributed by atoms with Crippen molar-refractivity contribution in [2.45, 2.75) is 32.6 Å². The molecule has 1 heterocycles. The van der Waals surface area contributed by atoms with E-state index in [0.29, 0.717) is 11.4 Å². The Morgan fingerprint density at radius 3 is 2.45 bits per heavy atom. The fourth-order valence-corrected chi connectivity index (χ4v) is 7.32. The van der Waals surface area contributed by atoms with Gasteiger partial charge in [-0.05, 0) is 91.5 Å². The molecule has 5 atom stereocenters. The molecule has 1 aliphatic heterocycles. The van der Waals surface area contributed by atoms with Crippen molar-refractivity contribution in [3.63, 3.8) is 0 Å². The van der Waals surface area contributed by atoms with Gasteiger partial charge in [0, 0.05) is 10.2 Å². The first-order valence-electron chi connectivity index (χ1n) is 13.5. The summed E-state index contributed by atoms with van der Waals surface area (Å²) in [6.45, 7) is 3.38. The van der Waals surface area contributed by atoms with Gasteiger partial charge in [-0.1, -0.05) is 52.3 Å². The van der Waals surface area contributed by atoms with Crippen molar-refractivity contribution in [1.82, 2.24) is 0 Å². The Balaban J connectivity index is 1.13. The summed E-state index contributed by atoms with van der Waals surface area (Å²) in [7, 11) is 0. The van der Waals surface area contributed by atoms with Crippen molar-refractivity contribution in [1.29, 1.82) is 0 Å². The monoisotopic (exact) mass is 600 g/mol. The number of esters is 1. The first-order chi connectivity index (χ1) is 19.2. The second kappa shape index (κ2) is 10.3. The van der Waals surface area contributed by atoms with Crippen LogP contribution in [0.25, 0.3) is 0 Å². The maximum Gasteiger partial charge on any atom is 0.338 e. The summed E-state index contributed by atoms with van der Waals surface area (Å²) in [6.07, 6.45) is 1.81. The van der Waals surface area contributed by atoms with Crippen LogP contribution in [0.4, 0.5) is 11.4 Å². The zero-order chi connectivity index (χ0) is 28.1. The summed E-state index contributed by atoms with van der Waals surface area (Å²) in [5.74, 6) is -1.56. The van der Waals surface area contributed by atoms with Gasteiger partial charge in [0.25, 0.3) is 5.91 Å². The highest BCUT2D eigenvalue weighted by Crippen LogP contribution is 2.61. The van der Waals surface area contributed by atoms with Crippen molar-refractivity contribution in [3.8, 4) is 0 Å². The number of imide groups is 1. The highest BCUT2D eigenvalue weighted by atomic mass is 79.9. The lowest BCUT2D eigenvalue weighted by atomic mass is 9.73. The van der Waals surface area contributed by atoms with Crippen LogP contribution in [0.3, 0.4) is 0 Å². The van der Waals surface area contributed by atoms with E-state index in [-0.39, 0.29) is 47.0 Å². The molecule has 0 radical (unpaired) electrons. The lowest BCUT2D eigenvalue weighted by Gasteiger charge is -2.28. The van der Waals surface area contributed by atoms with E-state index in [1.165, 1.54) is 16.5 Å². The lowest BCUT2D eigenvalue weighted by Crippen LogP contribution is -2.33. The van der Waals surface area contributed by atoms with Crippen LogP contribution in [0, 0.1) is 37.5 Å². The van der Waals surface area contributed by atoms with Crippen molar-refractivity contribution in [3.05, 3.63) is 93.5 Å². The standard InChI is InChI=1S/C32H29BrN2O5/c1-17-18(2)26(12-11-25(17)33)34-27(36)16-40-32(39)20-9-6-10-22(13-20)35-30(37)28-21-14-23(19-7-4-3-5-8-19)24(15-21)29(28)31(35)38/h3-13,21,23-24,28-29H,14-16H2,1-2H3,(H,34,36)/t21-,23-,24+,28+,29+/m0/s1. The number of amides is 3. The van der Waals surface area contributed by atoms with E-state index in [9.17, 15) is 19.2 Å². The number of rotatable bonds is 6. The molecule has 0 spiro atoms. The molecule has 7 nitrogen and oxygen atoms in total. The van der Waals surface area contributed by atoms with Crippen LogP contribution in [0.2, 0.25) is 0 Å². The topological polar surface area (TPSA) is 92.8 Å². The largest absolute Gasteiger partial charge is 0.452 e. The highest BCUT2D eigenvalue weighted by molar-refractivity contribution is 9.10. The number of halogens is 1. The number of nitrogens with zero attached hydrogens (tertiary/aromatic N) is 1. The molecule has 6 rings (SSSR count). The Morgan fingerprint density at radius 1 is 0.925 bits per heavy atom. The number of carbonyl (C=O) groups is 4. The molecular weight excluding hydrogens is 572 g/mol. The number of ether oxygens (including phenoxy) is 1. The Hall–Kier alpha value is -3.78. The van der Waals surface area contributed by atoms with E-state index >= 15 is 0 Å². The summed E-state index contributed by atoms with van der Waals surface area (Å²) >= 11 is 3.47. The molecule has 0 unspecified atom stereocenters. The smallest absolute Gasteiger partial charge is 0.338 e. The maximum absolute atomic E-state index is 13.6. The predicted octanol–water partition coefficient (Wildman–Crippen LogP) is 5.79. The molecular formula is C32H29BrN2O5. The molecule has 204 valence electrons. The summed E-state index contributed by atoms with van der Waals surface area (Å²) in [6, 6.07) is 20.2. The van der Waals surface area contributed by atoms with Crippen LogP contribution in [-0.2, 0) is 19.1 Å². The fraction of sp³-hybridized carbons (Fsp3) is 0.312. The van der Waals surface area contributed by atoms with Gasteiger partial charge in [0.1, 0.15) is 0 Å². The van der Waals surface area contributed by atoms with Crippen LogP contribution >= 0.6 is 15.9 Å². The van der Waals surface area contributed by atoms with Crippen LogP contribution in [0.1, 0.15) is 45.8 Å². The van der Waals surface area contributed by atoms with Crippen LogP contribution in [0.5, 0.6) is 0 Å². The van der Waals surface area contributed by atoms with Gasteiger partial charge in [0.15, 0.2) is 6.61 Å². The maximum atomic E-state index is 13.6. The van der Waals surface area contributed by atoms with Crippen LogP contribution < -0.4 is 10.2 Å². The molecule has 3 aromatic carbocycles. The van der Waals surface area contributed by atoms with E-state index in [4.69, 9.17) is 4.74 Å². The van der Waals surface area contributed by atoms with E-state index in [0.717, 1.165) is 28.4 Å². The second-order valence-corrected chi connectivity index (χ2v) is 11.8. The predicted molar refractivity (Wildman–Crippen MR) is 154 cm³/mol. The Morgan fingerprint density at radius 2 is 1.68 bits per heavy atom. The molecule has 3 aromatic rings. The molecule has 3 fully saturated rings. The molecule has 3 amide bonds. The van der Waals surface area contributed by atoms with Gasteiger partial charge < -0.3 is 10.1 Å². The van der Waals surface area contributed by atoms with Gasteiger partial charge in [-0.2, -0.15) is 0 Å². The van der Waals surface area contributed by atoms with Gasteiger partial charge in [0.05, 0.1) is 23.1 Å². The first kappa shape index (κ1) is 26.4. The van der Waals surface area contributed by atoms with E-state index < -0.39 is 18.5 Å². The highest BCUT2D eigenvalue weighted by Gasteiger charge is 2.64. The zero-order valence-corrected chi connectivity index (χ0v) is 23.8. The van der Waals surface area contributed by atoms with Gasteiger partial charge >= 0.3 is 5.97 Å². The average molecular weight is 601 g/mol. The first-order valence-corrected chi connectivity index (χ1v) is 14.3. The van der Waals surface area contributed by atoms with E-state index in [1.54, 1.807) is 24.3 Å². The van der Waals surface area contributed by atoms with Crippen molar-refractivity contribution in [2.75, 3.05) is 16.8 Å². The second-order valence-electron chi connectivity index (χ2n) is 11.0. The fourth-order valence-electron chi connectivity index (χ4n) is 6.89.